The third-order valence-corrected chi connectivity index (χ3v) is 3.33. The summed E-state index contributed by atoms with van der Waals surface area (Å²) in [7, 11) is 0. The minimum absolute atomic E-state index is 0.0192. The summed E-state index contributed by atoms with van der Waals surface area (Å²) in [5.74, 6) is -0.474. The topological polar surface area (TPSA) is 83.7 Å². The molecule has 0 spiro atoms. The molecule has 0 radical (unpaired) electrons. The molecular formula is C18H13F3N2O5. The third-order valence-electron chi connectivity index (χ3n) is 3.33. The van der Waals surface area contributed by atoms with Gasteiger partial charge in [-0.15, -0.1) is 0 Å². The van der Waals surface area contributed by atoms with Crippen LogP contribution in [0.1, 0.15) is 22.1 Å². The van der Waals surface area contributed by atoms with Crippen LogP contribution in [0.25, 0.3) is 0 Å². The number of hydrogen-bond donors (Lipinski definition) is 0. The van der Waals surface area contributed by atoms with Gasteiger partial charge in [0.2, 0.25) is 5.82 Å². The van der Waals surface area contributed by atoms with E-state index in [0.29, 0.717) is 5.75 Å². The molecule has 0 aliphatic carbocycles. The predicted octanol–water partition coefficient (Wildman–Crippen LogP) is 3.75. The third kappa shape index (κ3) is 5.47. The smallest absolute Gasteiger partial charge is 0.387 e. The summed E-state index contributed by atoms with van der Waals surface area (Å²) in [6.45, 7) is -3.25. The first kappa shape index (κ1) is 19.2. The number of carbonyl (C=O) groups excluding carboxylic acids is 1. The first-order chi connectivity index (χ1) is 13.5. The Morgan fingerprint density at radius 2 is 1.68 bits per heavy atom. The van der Waals surface area contributed by atoms with E-state index in [-0.39, 0.29) is 42.1 Å². The molecule has 0 N–H and O–H groups in total. The van der Waals surface area contributed by atoms with Gasteiger partial charge in [-0.25, -0.2) is 9.18 Å². The summed E-state index contributed by atoms with van der Waals surface area (Å²) in [5, 5.41) is 3.67. The standard InChI is InChI=1S/C18H13F3N2O5/c19-12-3-7-13(8-4-12)25-9-15-22-16(28-23-15)10-26-17(24)11-1-5-14(6-2-11)27-18(20)21/h1-8,18H,9-10H2. The Balaban J connectivity index is 1.48. The first-order valence-corrected chi connectivity index (χ1v) is 7.91. The van der Waals surface area contributed by atoms with Crippen LogP contribution < -0.4 is 9.47 Å². The van der Waals surface area contributed by atoms with Gasteiger partial charge >= 0.3 is 12.6 Å². The molecular weight excluding hydrogens is 381 g/mol. The van der Waals surface area contributed by atoms with Gasteiger partial charge in [0.15, 0.2) is 13.2 Å². The average molecular weight is 394 g/mol. The van der Waals surface area contributed by atoms with Crippen LogP contribution in [-0.4, -0.2) is 22.7 Å². The van der Waals surface area contributed by atoms with Gasteiger partial charge in [-0.1, -0.05) is 5.16 Å². The maximum absolute atomic E-state index is 12.8. The van der Waals surface area contributed by atoms with Crippen LogP contribution in [0.5, 0.6) is 11.5 Å². The molecule has 1 aromatic heterocycles. The van der Waals surface area contributed by atoms with E-state index in [0.717, 1.165) is 0 Å². The summed E-state index contributed by atoms with van der Waals surface area (Å²) in [4.78, 5) is 15.9. The van der Waals surface area contributed by atoms with Crippen molar-refractivity contribution in [3.8, 4) is 11.5 Å². The summed E-state index contributed by atoms with van der Waals surface area (Å²) < 4.78 is 56.5. The molecule has 0 aliphatic rings. The molecule has 0 fully saturated rings. The molecule has 0 aliphatic heterocycles. The summed E-state index contributed by atoms with van der Waals surface area (Å²) in [5.41, 5.74) is 0.140. The number of esters is 1. The SMILES string of the molecule is O=C(OCc1nc(COc2ccc(F)cc2)no1)c1ccc(OC(F)F)cc1. The molecule has 10 heteroatoms. The van der Waals surface area contributed by atoms with E-state index in [1.54, 1.807) is 0 Å². The van der Waals surface area contributed by atoms with Crippen molar-refractivity contribution in [2.45, 2.75) is 19.8 Å². The van der Waals surface area contributed by atoms with Crippen LogP contribution in [0, 0.1) is 5.82 Å². The molecule has 0 atom stereocenters. The van der Waals surface area contributed by atoms with Crippen molar-refractivity contribution in [1.29, 1.82) is 0 Å². The number of benzene rings is 2. The Hall–Kier alpha value is -3.56. The van der Waals surface area contributed by atoms with Gasteiger partial charge in [-0.2, -0.15) is 13.8 Å². The molecule has 2 aromatic carbocycles. The van der Waals surface area contributed by atoms with E-state index in [9.17, 15) is 18.0 Å². The highest BCUT2D eigenvalue weighted by Gasteiger charge is 2.13. The van der Waals surface area contributed by atoms with Crippen LogP contribution in [0.2, 0.25) is 0 Å². The molecule has 0 saturated carbocycles. The number of halogens is 3. The largest absolute Gasteiger partial charge is 0.485 e. The highest BCUT2D eigenvalue weighted by atomic mass is 19.3. The van der Waals surface area contributed by atoms with Crippen molar-refractivity contribution >= 4 is 5.97 Å². The lowest BCUT2D eigenvalue weighted by molar-refractivity contribution is -0.0498. The Bertz CT molecular complexity index is 914. The van der Waals surface area contributed by atoms with Gasteiger partial charge in [-0.05, 0) is 48.5 Å². The highest BCUT2D eigenvalue weighted by molar-refractivity contribution is 5.89. The number of hydrogen-bond acceptors (Lipinski definition) is 7. The van der Waals surface area contributed by atoms with Crippen LogP contribution in [-0.2, 0) is 18.0 Å². The zero-order valence-corrected chi connectivity index (χ0v) is 14.2. The van der Waals surface area contributed by atoms with E-state index in [4.69, 9.17) is 14.0 Å². The second-order valence-electron chi connectivity index (χ2n) is 5.33. The number of alkyl halides is 2. The lowest BCUT2D eigenvalue weighted by atomic mass is 10.2. The molecule has 0 unspecified atom stereocenters. The Kier molecular flexibility index (Phi) is 6.10. The summed E-state index contributed by atoms with van der Waals surface area (Å²) >= 11 is 0. The van der Waals surface area contributed by atoms with E-state index in [1.165, 1.54) is 48.5 Å². The zero-order chi connectivity index (χ0) is 19.9. The molecule has 0 saturated heterocycles. The molecule has 0 bridgehead atoms. The van der Waals surface area contributed by atoms with E-state index in [2.05, 4.69) is 14.9 Å². The van der Waals surface area contributed by atoms with Crippen molar-refractivity contribution in [2.75, 3.05) is 0 Å². The Labute approximate surface area is 156 Å². The van der Waals surface area contributed by atoms with Crippen molar-refractivity contribution in [3.63, 3.8) is 0 Å². The zero-order valence-electron chi connectivity index (χ0n) is 14.2. The van der Waals surface area contributed by atoms with Gasteiger partial charge in [0.25, 0.3) is 5.89 Å². The number of ether oxygens (including phenoxy) is 3. The molecule has 28 heavy (non-hydrogen) atoms. The van der Waals surface area contributed by atoms with Crippen LogP contribution >= 0.6 is 0 Å². The molecule has 3 rings (SSSR count). The van der Waals surface area contributed by atoms with Gasteiger partial charge in [0.05, 0.1) is 5.56 Å². The molecule has 3 aromatic rings. The van der Waals surface area contributed by atoms with Gasteiger partial charge in [-0.3, -0.25) is 0 Å². The highest BCUT2D eigenvalue weighted by Crippen LogP contribution is 2.16. The lowest BCUT2D eigenvalue weighted by Gasteiger charge is -2.05. The molecule has 7 nitrogen and oxygen atoms in total. The van der Waals surface area contributed by atoms with Gasteiger partial charge in [0, 0.05) is 0 Å². The molecule has 146 valence electrons. The van der Waals surface area contributed by atoms with E-state index in [1.807, 2.05) is 0 Å². The van der Waals surface area contributed by atoms with Crippen LogP contribution in [0.4, 0.5) is 13.2 Å². The Morgan fingerprint density at radius 1 is 1.00 bits per heavy atom. The lowest BCUT2D eigenvalue weighted by Crippen LogP contribution is -2.06. The maximum atomic E-state index is 12.8. The minimum Gasteiger partial charge on any atom is -0.485 e. The fraction of sp³-hybridized carbons (Fsp3) is 0.167. The number of aromatic nitrogens is 2. The monoisotopic (exact) mass is 394 g/mol. The molecule has 1 heterocycles. The number of rotatable bonds is 8. The molecule has 0 amide bonds. The van der Waals surface area contributed by atoms with Crippen molar-refractivity contribution in [1.82, 2.24) is 10.1 Å². The number of nitrogens with zero attached hydrogens (tertiary/aromatic N) is 2. The van der Waals surface area contributed by atoms with Crippen molar-refractivity contribution < 1.29 is 36.7 Å². The average Bonchev–Trinajstić information content (AvgIpc) is 3.14. The van der Waals surface area contributed by atoms with Gasteiger partial charge < -0.3 is 18.7 Å². The summed E-state index contributed by atoms with van der Waals surface area (Å²) in [6, 6.07) is 10.4. The fourth-order valence-electron chi connectivity index (χ4n) is 2.07. The van der Waals surface area contributed by atoms with Gasteiger partial charge in [0.1, 0.15) is 17.3 Å². The van der Waals surface area contributed by atoms with Crippen molar-refractivity contribution in [2.24, 2.45) is 0 Å². The minimum atomic E-state index is -2.95. The quantitative estimate of drug-likeness (QED) is 0.538. The summed E-state index contributed by atoms with van der Waals surface area (Å²) in [6.07, 6.45) is 0. The second-order valence-corrected chi connectivity index (χ2v) is 5.33. The fourth-order valence-corrected chi connectivity index (χ4v) is 2.07. The second kappa shape index (κ2) is 8.89. The van der Waals surface area contributed by atoms with Crippen LogP contribution in [0.15, 0.2) is 53.1 Å². The van der Waals surface area contributed by atoms with E-state index >= 15 is 0 Å². The van der Waals surface area contributed by atoms with Crippen molar-refractivity contribution in [3.05, 3.63) is 71.6 Å². The maximum Gasteiger partial charge on any atom is 0.387 e. The Morgan fingerprint density at radius 3 is 2.36 bits per heavy atom. The first-order valence-electron chi connectivity index (χ1n) is 7.91. The number of carbonyl (C=O) groups is 1. The normalized spacial score (nSPS) is 10.7. The van der Waals surface area contributed by atoms with E-state index < -0.39 is 12.6 Å². The predicted molar refractivity (Wildman–Crippen MR) is 87.2 cm³/mol. The van der Waals surface area contributed by atoms with Crippen LogP contribution in [0.3, 0.4) is 0 Å².